The second-order valence-electron chi connectivity index (χ2n) is 12.8. The lowest BCUT2D eigenvalue weighted by molar-refractivity contribution is 0.652. The van der Waals surface area contributed by atoms with Gasteiger partial charge in [0, 0.05) is 40.3 Å². The first kappa shape index (κ1) is 24.5. The quantitative estimate of drug-likeness (QED) is 0.318. The van der Waals surface area contributed by atoms with Gasteiger partial charge in [0.15, 0.2) is 0 Å². The van der Waals surface area contributed by atoms with Crippen LogP contribution >= 0.6 is 0 Å². The highest BCUT2D eigenvalue weighted by Gasteiger charge is 2.45. The maximum Gasteiger partial charge on any atom is 0.0633 e. The molecule has 3 unspecified atom stereocenters. The maximum absolute atomic E-state index is 2.67. The molecule has 3 aromatic rings. The molecule has 6 aliphatic rings. The van der Waals surface area contributed by atoms with Gasteiger partial charge < -0.3 is 9.47 Å². The molecule has 208 valence electrons. The van der Waals surface area contributed by atoms with Crippen LogP contribution in [0.1, 0.15) is 78.1 Å². The molecule has 2 nitrogen and oxygen atoms in total. The molecule has 3 atom stereocenters. The highest BCUT2D eigenvalue weighted by atomic mass is 15.2. The summed E-state index contributed by atoms with van der Waals surface area (Å²) in [5.41, 5.74) is 16.6. The number of rotatable bonds is 3. The van der Waals surface area contributed by atoms with Crippen LogP contribution in [0.5, 0.6) is 0 Å². The van der Waals surface area contributed by atoms with E-state index in [2.05, 4.69) is 113 Å². The van der Waals surface area contributed by atoms with Crippen LogP contribution in [0, 0.1) is 5.92 Å². The number of para-hydroxylation sites is 1. The number of fused-ring (bicyclic) bond motifs is 7. The van der Waals surface area contributed by atoms with E-state index in [1.807, 2.05) is 0 Å². The summed E-state index contributed by atoms with van der Waals surface area (Å²) in [7, 11) is 0. The van der Waals surface area contributed by atoms with Crippen molar-refractivity contribution in [2.24, 2.45) is 5.92 Å². The van der Waals surface area contributed by atoms with Gasteiger partial charge in [0.1, 0.15) is 0 Å². The lowest BCUT2D eigenvalue weighted by Gasteiger charge is -2.33. The van der Waals surface area contributed by atoms with E-state index in [4.69, 9.17) is 0 Å². The van der Waals surface area contributed by atoms with Gasteiger partial charge in [-0.1, -0.05) is 78.9 Å². The molecule has 0 bridgehead atoms. The molecule has 0 saturated carbocycles. The molecule has 9 rings (SSSR count). The Morgan fingerprint density at radius 1 is 0.738 bits per heavy atom. The molecule has 1 aliphatic heterocycles. The van der Waals surface area contributed by atoms with Crippen molar-refractivity contribution in [3.63, 3.8) is 0 Å². The van der Waals surface area contributed by atoms with Crippen molar-refractivity contribution < 1.29 is 0 Å². The van der Waals surface area contributed by atoms with E-state index in [1.165, 1.54) is 71.6 Å². The highest BCUT2D eigenvalue weighted by molar-refractivity contribution is 5.79. The minimum atomic E-state index is 0.355. The molecule has 0 radical (unpaired) electrons. The topological polar surface area (TPSA) is 8.17 Å². The molecular weight excluding hydrogens is 508 g/mol. The number of aryl methyl sites for hydroxylation is 1. The van der Waals surface area contributed by atoms with Crippen LogP contribution in [0.3, 0.4) is 0 Å². The summed E-state index contributed by atoms with van der Waals surface area (Å²) >= 11 is 0. The summed E-state index contributed by atoms with van der Waals surface area (Å²) in [5.74, 6) is 0.876. The van der Waals surface area contributed by atoms with Gasteiger partial charge in [0.25, 0.3) is 0 Å². The third kappa shape index (κ3) is 3.63. The Morgan fingerprint density at radius 2 is 1.62 bits per heavy atom. The first-order chi connectivity index (χ1) is 20.9. The molecule has 2 heteroatoms. The minimum Gasteiger partial charge on any atom is -0.337 e. The zero-order chi connectivity index (χ0) is 27.6. The number of hydrogen-bond acceptors (Lipinski definition) is 1. The second-order valence-corrected chi connectivity index (χ2v) is 12.8. The van der Waals surface area contributed by atoms with Gasteiger partial charge in [-0.05, 0) is 115 Å². The van der Waals surface area contributed by atoms with Crippen molar-refractivity contribution in [2.45, 2.75) is 69.7 Å². The van der Waals surface area contributed by atoms with E-state index in [0.717, 1.165) is 25.7 Å². The van der Waals surface area contributed by atoms with Crippen molar-refractivity contribution in [1.29, 1.82) is 0 Å². The summed E-state index contributed by atoms with van der Waals surface area (Å²) in [4.78, 5) is 2.66. The Hall–Kier alpha value is -4.04. The first-order valence-electron chi connectivity index (χ1n) is 16.2. The summed E-state index contributed by atoms with van der Waals surface area (Å²) in [6, 6.07) is 20.5. The van der Waals surface area contributed by atoms with Crippen LogP contribution in [-0.2, 0) is 19.3 Å². The lowest BCUT2D eigenvalue weighted by Crippen LogP contribution is -2.33. The fourth-order valence-electron chi connectivity index (χ4n) is 8.88. The van der Waals surface area contributed by atoms with Gasteiger partial charge in [0.05, 0.1) is 6.04 Å². The van der Waals surface area contributed by atoms with Gasteiger partial charge in [-0.2, -0.15) is 0 Å². The molecule has 0 spiro atoms. The SMILES string of the molecule is C1=CC2=C(CC1)N(c1ccccc1)C1C=Cc3c(c4c(n3C3=CCC(C5=CCCc6ccccc65)C=C3)CCCC4)C21. The summed E-state index contributed by atoms with van der Waals surface area (Å²) < 4.78 is 2.67. The number of hydrogen-bond donors (Lipinski definition) is 0. The van der Waals surface area contributed by atoms with Gasteiger partial charge in [-0.3, -0.25) is 0 Å². The van der Waals surface area contributed by atoms with Crippen molar-refractivity contribution >= 4 is 23.0 Å². The third-order valence-corrected chi connectivity index (χ3v) is 10.6. The number of nitrogens with zero attached hydrogens (tertiary/aromatic N) is 2. The Balaban J connectivity index is 1.13. The highest BCUT2D eigenvalue weighted by Crippen LogP contribution is 2.53. The monoisotopic (exact) mass is 546 g/mol. The second kappa shape index (κ2) is 9.76. The standard InChI is InChI=1S/C40H38N2/c1-2-13-29(14-3-1)41-35-19-8-6-16-33(35)39-37(41)25-26-38-40(39)34-17-7-9-20-36(34)42(38)30-23-21-28(22-24-30)32-18-10-12-27-11-4-5-15-31(27)32/h1-6,11,13-16,18,21,23-26,28,37,39H,7-10,12,17,19-20,22H2. The fourth-order valence-corrected chi connectivity index (χ4v) is 8.88. The number of allylic oxidation sites excluding steroid dienone is 9. The minimum absolute atomic E-state index is 0.355. The zero-order valence-electron chi connectivity index (χ0n) is 24.3. The number of anilines is 1. The number of aromatic nitrogens is 1. The van der Waals surface area contributed by atoms with Gasteiger partial charge in [-0.25, -0.2) is 0 Å². The maximum atomic E-state index is 2.67. The normalized spacial score (nSPS) is 25.3. The van der Waals surface area contributed by atoms with E-state index in [9.17, 15) is 0 Å². The van der Waals surface area contributed by atoms with Crippen LogP contribution in [0.2, 0.25) is 0 Å². The zero-order valence-corrected chi connectivity index (χ0v) is 24.3. The van der Waals surface area contributed by atoms with Crippen LogP contribution < -0.4 is 4.90 Å². The molecule has 0 saturated heterocycles. The van der Waals surface area contributed by atoms with Crippen molar-refractivity contribution in [3.8, 4) is 0 Å². The van der Waals surface area contributed by atoms with Crippen molar-refractivity contribution in [3.05, 3.63) is 142 Å². The van der Waals surface area contributed by atoms with E-state index < -0.39 is 0 Å². The third-order valence-electron chi connectivity index (χ3n) is 10.6. The van der Waals surface area contributed by atoms with Gasteiger partial charge in [0.2, 0.25) is 0 Å². The predicted molar refractivity (Wildman–Crippen MR) is 175 cm³/mol. The Morgan fingerprint density at radius 3 is 2.52 bits per heavy atom. The smallest absolute Gasteiger partial charge is 0.0633 e. The molecule has 1 aromatic heterocycles. The molecule has 5 aliphatic carbocycles. The molecule has 0 amide bonds. The molecule has 0 fully saturated rings. The number of benzene rings is 2. The van der Waals surface area contributed by atoms with E-state index in [0.29, 0.717) is 17.9 Å². The molecule has 2 heterocycles. The Kier molecular flexibility index (Phi) is 5.71. The van der Waals surface area contributed by atoms with Crippen LogP contribution in [0.4, 0.5) is 5.69 Å². The predicted octanol–water partition coefficient (Wildman–Crippen LogP) is 9.42. The largest absolute Gasteiger partial charge is 0.337 e. The lowest BCUT2D eigenvalue weighted by atomic mass is 9.78. The summed E-state index contributed by atoms with van der Waals surface area (Å²) in [6.07, 6.45) is 30.5. The Labute approximate surface area is 249 Å². The van der Waals surface area contributed by atoms with E-state index >= 15 is 0 Å². The van der Waals surface area contributed by atoms with Crippen LogP contribution in [0.25, 0.3) is 17.3 Å². The molecule has 0 N–H and O–H groups in total. The molecule has 2 aromatic carbocycles. The Bertz CT molecular complexity index is 1770. The average molecular weight is 547 g/mol. The summed E-state index contributed by atoms with van der Waals surface area (Å²) in [5, 5.41) is 0. The first-order valence-corrected chi connectivity index (χ1v) is 16.2. The molecular formula is C40H38N2. The van der Waals surface area contributed by atoms with Gasteiger partial charge >= 0.3 is 0 Å². The summed E-state index contributed by atoms with van der Waals surface area (Å²) in [6.45, 7) is 0. The van der Waals surface area contributed by atoms with E-state index in [1.54, 1.807) is 22.4 Å². The van der Waals surface area contributed by atoms with E-state index in [-0.39, 0.29) is 0 Å². The van der Waals surface area contributed by atoms with Gasteiger partial charge in [-0.15, -0.1) is 0 Å². The van der Waals surface area contributed by atoms with Crippen molar-refractivity contribution in [1.82, 2.24) is 4.57 Å². The van der Waals surface area contributed by atoms with Crippen molar-refractivity contribution in [2.75, 3.05) is 4.90 Å². The average Bonchev–Trinajstić information content (AvgIpc) is 3.58. The van der Waals surface area contributed by atoms with Crippen LogP contribution in [-0.4, -0.2) is 10.6 Å². The van der Waals surface area contributed by atoms with Crippen LogP contribution in [0.15, 0.2) is 108 Å². The fraction of sp³-hybridized carbons (Fsp3) is 0.300. The molecule has 42 heavy (non-hydrogen) atoms.